The fourth-order valence-electron chi connectivity index (χ4n) is 4.24. The van der Waals surface area contributed by atoms with E-state index < -0.39 is 0 Å². The van der Waals surface area contributed by atoms with E-state index in [1.807, 2.05) is 52.3 Å². The second-order valence-corrected chi connectivity index (χ2v) is 8.73. The van der Waals surface area contributed by atoms with Crippen LogP contribution in [0.2, 0.25) is 0 Å². The third-order valence-corrected chi connectivity index (χ3v) is 6.74. The number of hydrogen-bond acceptors (Lipinski definition) is 5. The zero-order chi connectivity index (χ0) is 21.2. The molecule has 31 heavy (non-hydrogen) atoms. The van der Waals surface area contributed by atoms with Crippen LogP contribution in [-0.4, -0.2) is 76.8 Å². The number of carbonyl (C=O) groups is 2. The Balaban J connectivity index is 1.12. The predicted molar refractivity (Wildman–Crippen MR) is 121 cm³/mol. The molecule has 0 N–H and O–H groups in total. The lowest BCUT2D eigenvalue weighted by Crippen LogP contribution is -2.64. The first-order valence-corrected chi connectivity index (χ1v) is 11.5. The van der Waals surface area contributed by atoms with E-state index >= 15 is 0 Å². The molecule has 2 amide bonds. The Kier molecular flexibility index (Phi) is 5.53. The largest absolute Gasteiger partial charge is 0.335 e. The highest BCUT2D eigenvalue weighted by molar-refractivity contribution is 7.07. The maximum atomic E-state index is 12.8. The predicted octanol–water partition coefficient (Wildman–Crippen LogP) is 3.09. The number of amides is 2. The minimum atomic E-state index is 0.0188. The van der Waals surface area contributed by atoms with Crippen molar-refractivity contribution in [2.45, 2.75) is 6.04 Å². The zero-order valence-corrected chi connectivity index (χ0v) is 18.0. The van der Waals surface area contributed by atoms with E-state index in [1.165, 1.54) is 11.3 Å². The summed E-state index contributed by atoms with van der Waals surface area (Å²) in [5, 5.41) is 1.80. The molecule has 0 atom stereocenters. The molecule has 6 nitrogen and oxygen atoms in total. The number of aromatic nitrogens is 1. The van der Waals surface area contributed by atoms with E-state index in [-0.39, 0.29) is 11.8 Å². The number of nitrogens with zero attached hydrogens (tertiary/aromatic N) is 4. The van der Waals surface area contributed by atoms with Crippen LogP contribution in [0.15, 0.2) is 65.5 Å². The molecule has 158 valence electrons. The summed E-state index contributed by atoms with van der Waals surface area (Å²) in [5.74, 6) is 0.110. The molecule has 2 aliphatic heterocycles. The van der Waals surface area contributed by atoms with Crippen molar-refractivity contribution in [2.75, 3.05) is 39.3 Å². The molecule has 0 saturated carbocycles. The monoisotopic (exact) mass is 432 g/mol. The standard InChI is InChI=1S/C24H24N4O2S/c29-23(20-8-6-19(7-9-20)18-4-2-1-3-5-18)28-14-21(15-28)26-10-12-27(13-11-26)24(30)22-16-31-17-25-22/h1-9,16-17,21H,10-15H2. The van der Waals surface area contributed by atoms with Gasteiger partial charge in [0.25, 0.3) is 11.8 Å². The molecule has 0 radical (unpaired) electrons. The molecule has 5 rings (SSSR count). The summed E-state index contributed by atoms with van der Waals surface area (Å²) in [6.45, 7) is 4.60. The lowest BCUT2D eigenvalue weighted by Gasteiger charge is -2.48. The van der Waals surface area contributed by atoms with Gasteiger partial charge in [0.1, 0.15) is 5.69 Å². The van der Waals surface area contributed by atoms with Crippen molar-refractivity contribution >= 4 is 23.2 Å². The summed E-state index contributed by atoms with van der Waals surface area (Å²) in [7, 11) is 0. The van der Waals surface area contributed by atoms with Gasteiger partial charge in [-0.15, -0.1) is 11.3 Å². The first-order valence-electron chi connectivity index (χ1n) is 10.6. The maximum absolute atomic E-state index is 12.8. The topological polar surface area (TPSA) is 56.8 Å². The molecule has 2 saturated heterocycles. The third kappa shape index (κ3) is 4.11. The van der Waals surface area contributed by atoms with Crippen molar-refractivity contribution in [3.05, 3.63) is 76.7 Å². The van der Waals surface area contributed by atoms with Crippen molar-refractivity contribution < 1.29 is 9.59 Å². The molecule has 2 fully saturated rings. The van der Waals surface area contributed by atoms with Crippen LogP contribution in [0.4, 0.5) is 0 Å². The molecule has 0 spiro atoms. The SMILES string of the molecule is O=C(c1ccc(-c2ccccc2)cc1)N1CC(N2CCN(C(=O)c3cscn3)CC2)C1. The van der Waals surface area contributed by atoms with E-state index in [2.05, 4.69) is 22.0 Å². The Labute approximate surface area is 185 Å². The highest BCUT2D eigenvalue weighted by Crippen LogP contribution is 2.23. The van der Waals surface area contributed by atoms with Gasteiger partial charge in [-0.1, -0.05) is 42.5 Å². The van der Waals surface area contributed by atoms with Gasteiger partial charge >= 0.3 is 0 Å². The van der Waals surface area contributed by atoms with E-state index in [0.717, 1.165) is 42.9 Å². The number of thiazole rings is 1. The molecule has 0 aliphatic carbocycles. The lowest BCUT2D eigenvalue weighted by atomic mass is 10.0. The normalized spacial score (nSPS) is 17.4. The van der Waals surface area contributed by atoms with Crippen LogP contribution in [0, 0.1) is 0 Å². The molecule has 7 heteroatoms. The number of hydrogen-bond donors (Lipinski definition) is 0. The van der Waals surface area contributed by atoms with E-state index in [1.54, 1.807) is 10.9 Å². The van der Waals surface area contributed by atoms with E-state index in [9.17, 15) is 9.59 Å². The van der Waals surface area contributed by atoms with Gasteiger partial charge < -0.3 is 9.80 Å². The van der Waals surface area contributed by atoms with Crippen LogP contribution in [0.3, 0.4) is 0 Å². The van der Waals surface area contributed by atoms with E-state index in [4.69, 9.17) is 0 Å². The van der Waals surface area contributed by atoms with Crippen LogP contribution in [0.1, 0.15) is 20.8 Å². The van der Waals surface area contributed by atoms with Crippen molar-refractivity contribution in [2.24, 2.45) is 0 Å². The van der Waals surface area contributed by atoms with Crippen LogP contribution in [0.25, 0.3) is 11.1 Å². The second-order valence-electron chi connectivity index (χ2n) is 8.01. The minimum Gasteiger partial charge on any atom is -0.335 e. The third-order valence-electron chi connectivity index (χ3n) is 6.16. The quantitative estimate of drug-likeness (QED) is 0.636. The minimum absolute atomic E-state index is 0.0188. The number of piperazine rings is 1. The van der Waals surface area contributed by atoms with Crippen LogP contribution in [-0.2, 0) is 0 Å². The summed E-state index contributed by atoms with van der Waals surface area (Å²) in [6, 6.07) is 18.4. The van der Waals surface area contributed by atoms with E-state index in [0.29, 0.717) is 24.8 Å². The average Bonchev–Trinajstić information content (AvgIpc) is 3.34. The zero-order valence-electron chi connectivity index (χ0n) is 17.2. The molecular weight excluding hydrogens is 408 g/mol. The van der Waals surface area contributed by atoms with Gasteiger partial charge in [-0.3, -0.25) is 14.5 Å². The van der Waals surface area contributed by atoms with Gasteiger partial charge in [-0.25, -0.2) is 4.98 Å². The summed E-state index contributed by atoms with van der Waals surface area (Å²) < 4.78 is 0. The Morgan fingerprint density at radius 2 is 1.48 bits per heavy atom. The smallest absolute Gasteiger partial charge is 0.273 e. The second kappa shape index (κ2) is 8.61. The average molecular weight is 433 g/mol. The molecule has 3 heterocycles. The Morgan fingerprint density at radius 3 is 2.13 bits per heavy atom. The van der Waals surface area contributed by atoms with Gasteiger partial charge in [-0.05, 0) is 23.3 Å². The van der Waals surface area contributed by atoms with Crippen molar-refractivity contribution in [3.8, 4) is 11.1 Å². The maximum Gasteiger partial charge on any atom is 0.273 e. The fourth-order valence-corrected chi connectivity index (χ4v) is 4.77. The lowest BCUT2D eigenvalue weighted by molar-refractivity contribution is 0.00844. The highest BCUT2D eigenvalue weighted by atomic mass is 32.1. The van der Waals surface area contributed by atoms with Crippen molar-refractivity contribution in [3.63, 3.8) is 0 Å². The molecule has 2 aliphatic rings. The summed E-state index contributed by atoms with van der Waals surface area (Å²) in [6.07, 6.45) is 0. The molecular formula is C24H24N4O2S. The van der Waals surface area contributed by atoms with Crippen molar-refractivity contribution in [1.29, 1.82) is 0 Å². The number of rotatable bonds is 4. The fraction of sp³-hybridized carbons (Fsp3) is 0.292. The first-order chi connectivity index (χ1) is 15.2. The van der Waals surface area contributed by atoms with Gasteiger partial charge in [0.05, 0.1) is 5.51 Å². The Hall–Kier alpha value is -3.03. The van der Waals surface area contributed by atoms with Crippen molar-refractivity contribution in [1.82, 2.24) is 19.7 Å². The Bertz CT molecular complexity index is 1040. The summed E-state index contributed by atoms with van der Waals surface area (Å²) >= 11 is 1.44. The number of carbonyl (C=O) groups excluding carboxylic acids is 2. The summed E-state index contributed by atoms with van der Waals surface area (Å²) in [5.41, 5.74) is 5.23. The number of benzene rings is 2. The molecule has 2 aromatic carbocycles. The van der Waals surface area contributed by atoms with Crippen LogP contribution >= 0.6 is 11.3 Å². The van der Waals surface area contributed by atoms with Gasteiger partial charge in [0, 0.05) is 56.3 Å². The van der Waals surface area contributed by atoms with Gasteiger partial charge in [0.15, 0.2) is 0 Å². The molecule has 0 unspecified atom stereocenters. The van der Waals surface area contributed by atoms with Gasteiger partial charge in [0.2, 0.25) is 0 Å². The van der Waals surface area contributed by atoms with Gasteiger partial charge in [-0.2, -0.15) is 0 Å². The molecule has 3 aromatic rings. The molecule has 0 bridgehead atoms. The highest BCUT2D eigenvalue weighted by Gasteiger charge is 2.37. The Morgan fingerprint density at radius 1 is 0.806 bits per heavy atom. The van der Waals surface area contributed by atoms with Crippen LogP contribution < -0.4 is 0 Å². The molecule has 1 aromatic heterocycles. The number of likely N-dealkylation sites (tertiary alicyclic amines) is 1. The van der Waals surface area contributed by atoms with Crippen LogP contribution in [0.5, 0.6) is 0 Å². The first kappa shape index (κ1) is 19.9. The summed E-state index contributed by atoms with van der Waals surface area (Å²) in [4.78, 5) is 35.6.